The minimum Gasteiger partial charge on any atom is -0.369 e. The Morgan fingerprint density at radius 3 is 2.60 bits per heavy atom. The number of anilines is 1. The van der Waals surface area contributed by atoms with E-state index in [9.17, 15) is 4.79 Å². The van der Waals surface area contributed by atoms with E-state index in [2.05, 4.69) is 53.2 Å². The van der Waals surface area contributed by atoms with Crippen LogP contribution in [0.15, 0.2) is 35.7 Å². The third-order valence-corrected chi connectivity index (χ3v) is 6.06. The Morgan fingerprint density at radius 1 is 1.16 bits per heavy atom. The number of nitrogens with one attached hydrogen (secondary N) is 1. The standard InChI is InChI=1S/C20H27N3OS/c1-15-6-4-7-18(16(15)2)23-11-9-22(10-12-23)14-20(24)21-17(3)19-8-5-13-25-19/h4-8,13,17H,9-12,14H2,1-3H3,(H,21,24). The van der Waals surface area contributed by atoms with Gasteiger partial charge in [-0.25, -0.2) is 0 Å². The summed E-state index contributed by atoms with van der Waals surface area (Å²) in [7, 11) is 0. The maximum Gasteiger partial charge on any atom is 0.234 e. The van der Waals surface area contributed by atoms with Crippen LogP contribution in [0.4, 0.5) is 5.69 Å². The van der Waals surface area contributed by atoms with Crippen LogP contribution >= 0.6 is 11.3 Å². The molecule has 1 unspecified atom stereocenters. The first-order valence-corrected chi connectivity index (χ1v) is 9.79. The molecule has 1 fully saturated rings. The van der Waals surface area contributed by atoms with Gasteiger partial charge in [-0.1, -0.05) is 18.2 Å². The van der Waals surface area contributed by atoms with Crippen LogP contribution in [-0.2, 0) is 4.79 Å². The zero-order chi connectivity index (χ0) is 17.8. The van der Waals surface area contributed by atoms with E-state index in [1.165, 1.54) is 21.7 Å². The van der Waals surface area contributed by atoms with Gasteiger partial charge < -0.3 is 10.2 Å². The summed E-state index contributed by atoms with van der Waals surface area (Å²) in [6.45, 7) is 10.7. The Hall–Kier alpha value is -1.85. The normalized spacial score (nSPS) is 16.7. The van der Waals surface area contributed by atoms with E-state index in [0.29, 0.717) is 6.54 Å². The van der Waals surface area contributed by atoms with Gasteiger partial charge >= 0.3 is 0 Å². The topological polar surface area (TPSA) is 35.6 Å². The van der Waals surface area contributed by atoms with E-state index in [0.717, 1.165) is 26.2 Å². The van der Waals surface area contributed by atoms with Gasteiger partial charge in [0.25, 0.3) is 0 Å². The van der Waals surface area contributed by atoms with Crippen LogP contribution in [-0.4, -0.2) is 43.5 Å². The number of benzene rings is 1. The number of piperazine rings is 1. The number of carbonyl (C=O) groups excluding carboxylic acids is 1. The van der Waals surface area contributed by atoms with Gasteiger partial charge in [0.15, 0.2) is 0 Å². The summed E-state index contributed by atoms with van der Waals surface area (Å²) in [5, 5.41) is 5.15. The van der Waals surface area contributed by atoms with Gasteiger partial charge in [-0.15, -0.1) is 11.3 Å². The molecule has 1 atom stereocenters. The molecule has 0 bridgehead atoms. The van der Waals surface area contributed by atoms with Crippen LogP contribution in [0.3, 0.4) is 0 Å². The van der Waals surface area contributed by atoms with Gasteiger partial charge in [0, 0.05) is 36.7 Å². The van der Waals surface area contributed by atoms with Crippen LogP contribution < -0.4 is 10.2 Å². The van der Waals surface area contributed by atoms with E-state index in [1.807, 2.05) is 18.4 Å². The molecular weight excluding hydrogens is 330 g/mol. The van der Waals surface area contributed by atoms with Gasteiger partial charge in [-0.3, -0.25) is 9.69 Å². The van der Waals surface area contributed by atoms with Crippen LogP contribution in [0, 0.1) is 13.8 Å². The van der Waals surface area contributed by atoms with Crippen molar-refractivity contribution in [3.05, 3.63) is 51.7 Å². The molecule has 2 heterocycles. The SMILES string of the molecule is Cc1cccc(N2CCN(CC(=O)NC(C)c3cccs3)CC2)c1C. The predicted octanol–water partition coefficient (Wildman–Crippen LogP) is 3.36. The highest BCUT2D eigenvalue weighted by atomic mass is 32.1. The summed E-state index contributed by atoms with van der Waals surface area (Å²) in [5.74, 6) is 0.112. The van der Waals surface area contributed by atoms with Crippen molar-refractivity contribution in [1.29, 1.82) is 0 Å². The van der Waals surface area contributed by atoms with Crippen molar-refractivity contribution in [3.63, 3.8) is 0 Å². The van der Waals surface area contributed by atoms with Crippen molar-refractivity contribution in [2.45, 2.75) is 26.8 Å². The molecule has 3 rings (SSSR count). The van der Waals surface area contributed by atoms with Crippen LogP contribution in [0.25, 0.3) is 0 Å². The van der Waals surface area contributed by atoms with E-state index in [-0.39, 0.29) is 11.9 Å². The van der Waals surface area contributed by atoms with Crippen molar-refractivity contribution in [1.82, 2.24) is 10.2 Å². The number of amides is 1. The maximum atomic E-state index is 12.3. The highest BCUT2D eigenvalue weighted by Gasteiger charge is 2.21. The zero-order valence-electron chi connectivity index (χ0n) is 15.3. The summed E-state index contributed by atoms with van der Waals surface area (Å²) in [6, 6.07) is 10.7. The van der Waals surface area contributed by atoms with Gasteiger partial charge in [0.2, 0.25) is 5.91 Å². The molecule has 2 aromatic rings. The fourth-order valence-corrected chi connectivity index (χ4v) is 4.06. The minimum absolute atomic E-state index is 0.0868. The Morgan fingerprint density at radius 2 is 1.92 bits per heavy atom. The fraction of sp³-hybridized carbons (Fsp3) is 0.450. The molecule has 1 amide bonds. The number of hydrogen-bond acceptors (Lipinski definition) is 4. The first-order chi connectivity index (χ1) is 12.0. The lowest BCUT2D eigenvalue weighted by atomic mass is 10.1. The quantitative estimate of drug-likeness (QED) is 0.891. The van der Waals surface area contributed by atoms with E-state index < -0.39 is 0 Å². The Bertz CT molecular complexity index is 706. The summed E-state index contributed by atoms with van der Waals surface area (Å²) < 4.78 is 0. The van der Waals surface area contributed by atoms with Gasteiger partial charge in [0.05, 0.1) is 12.6 Å². The van der Waals surface area contributed by atoms with Gasteiger partial charge in [0.1, 0.15) is 0 Å². The van der Waals surface area contributed by atoms with E-state index in [4.69, 9.17) is 0 Å². The molecule has 0 saturated carbocycles. The predicted molar refractivity (Wildman–Crippen MR) is 105 cm³/mol. The fourth-order valence-electron chi connectivity index (χ4n) is 3.32. The molecule has 1 saturated heterocycles. The monoisotopic (exact) mass is 357 g/mol. The van der Waals surface area contributed by atoms with Crippen molar-refractivity contribution >= 4 is 22.9 Å². The van der Waals surface area contributed by atoms with Crippen molar-refractivity contribution in [2.24, 2.45) is 0 Å². The van der Waals surface area contributed by atoms with Crippen LogP contribution in [0.1, 0.15) is 29.0 Å². The molecule has 0 radical (unpaired) electrons. The lowest BCUT2D eigenvalue weighted by molar-refractivity contribution is -0.122. The molecule has 25 heavy (non-hydrogen) atoms. The zero-order valence-corrected chi connectivity index (χ0v) is 16.1. The Kier molecular flexibility index (Phi) is 5.76. The second-order valence-corrected chi connectivity index (χ2v) is 7.77. The largest absolute Gasteiger partial charge is 0.369 e. The molecule has 0 spiro atoms. The molecule has 1 aliphatic heterocycles. The van der Waals surface area contributed by atoms with Crippen molar-refractivity contribution < 1.29 is 4.79 Å². The first kappa shape index (κ1) is 18.0. The number of hydrogen-bond donors (Lipinski definition) is 1. The maximum absolute atomic E-state index is 12.3. The Labute approximate surface area is 154 Å². The summed E-state index contributed by atoms with van der Waals surface area (Å²) in [4.78, 5) is 18.2. The lowest BCUT2D eigenvalue weighted by Gasteiger charge is -2.36. The number of aryl methyl sites for hydroxylation is 1. The third kappa shape index (κ3) is 4.41. The smallest absolute Gasteiger partial charge is 0.234 e. The number of rotatable bonds is 5. The highest BCUT2D eigenvalue weighted by molar-refractivity contribution is 7.10. The molecule has 0 aliphatic carbocycles. The second-order valence-electron chi connectivity index (χ2n) is 6.79. The molecule has 1 aliphatic rings. The minimum atomic E-state index is 0.0868. The highest BCUT2D eigenvalue weighted by Crippen LogP contribution is 2.24. The first-order valence-electron chi connectivity index (χ1n) is 8.91. The van der Waals surface area contributed by atoms with Crippen molar-refractivity contribution in [3.8, 4) is 0 Å². The second kappa shape index (κ2) is 8.02. The van der Waals surface area contributed by atoms with Crippen molar-refractivity contribution in [2.75, 3.05) is 37.6 Å². The molecule has 5 heteroatoms. The molecule has 1 N–H and O–H groups in total. The number of carbonyl (C=O) groups is 1. The summed E-state index contributed by atoms with van der Waals surface area (Å²) in [6.07, 6.45) is 0. The molecular formula is C20H27N3OS. The molecule has 1 aromatic heterocycles. The Balaban J connectivity index is 1.49. The lowest BCUT2D eigenvalue weighted by Crippen LogP contribution is -2.49. The average molecular weight is 358 g/mol. The van der Waals surface area contributed by atoms with Crippen LogP contribution in [0.2, 0.25) is 0 Å². The third-order valence-electron chi connectivity index (χ3n) is 5.00. The van der Waals surface area contributed by atoms with E-state index >= 15 is 0 Å². The van der Waals surface area contributed by atoms with Gasteiger partial charge in [-0.05, 0) is 49.4 Å². The van der Waals surface area contributed by atoms with Crippen LogP contribution in [0.5, 0.6) is 0 Å². The average Bonchev–Trinajstić information content (AvgIpc) is 3.13. The molecule has 1 aromatic carbocycles. The number of nitrogens with zero attached hydrogens (tertiary/aromatic N) is 2. The number of thiophene rings is 1. The molecule has 134 valence electrons. The summed E-state index contributed by atoms with van der Waals surface area (Å²) in [5.41, 5.74) is 4.02. The summed E-state index contributed by atoms with van der Waals surface area (Å²) >= 11 is 1.68. The van der Waals surface area contributed by atoms with Gasteiger partial charge in [-0.2, -0.15) is 0 Å². The molecule has 4 nitrogen and oxygen atoms in total. The van der Waals surface area contributed by atoms with E-state index in [1.54, 1.807) is 11.3 Å².